The Labute approximate surface area is 191 Å². The fourth-order valence-electron chi connectivity index (χ4n) is 3.22. The zero-order valence-electron chi connectivity index (χ0n) is 20.2. The number of likely N-dealkylation sites (tertiary alicyclic amines) is 1. The summed E-state index contributed by atoms with van der Waals surface area (Å²) in [6.07, 6.45) is 3.88. The van der Waals surface area contributed by atoms with E-state index in [-0.39, 0.29) is 0 Å². The first kappa shape index (κ1) is 26.5. The van der Waals surface area contributed by atoms with Gasteiger partial charge in [0.25, 0.3) is 0 Å². The Hall–Kier alpha value is -2.52. The summed E-state index contributed by atoms with van der Waals surface area (Å²) in [6, 6.07) is 17.2. The van der Waals surface area contributed by atoms with Crippen molar-refractivity contribution >= 4 is 0 Å². The van der Waals surface area contributed by atoms with Crippen molar-refractivity contribution in [3.8, 4) is 0 Å². The second-order valence-electron chi connectivity index (χ2n) is 8.33. The molecule has 1 fully saturated rings. The minimum Gasteiger partial charge on any atom is -0.368 e. The molecule has 2 aromatic carbocycles. The molecule has 0 spiro atoms. The van der Waals surface area contributed by atoms with E-state index in [0.29, 0.717) is 0 Å². The number of hydrogen-bond donors (Lipinski definition) is 2. The van der Waals surface area contributed by atoms with Crippen molar-refractivity contribution in [1.82, 2.24) is 15.5 Å². The second kappa shape index (κ2) is 15.3. The van der Waals surface area contributed by atoms with Crippen molar-refractivity contribution in [3.05, 3.63) is 96.3 Å². The summed E-state index contributed by atoms with van der Waals surface area (Å²) in [5, 5.41) is 6.62. The molecule has 1 aliphatic heterocycles. The Bertz CT molecular complexity index is 716. The van der Waals surface area contributed by atoms with Crippen molar-refractivity contribution in [2.45, 2.75) is 53.1 Å². The highest BCUT2D eigenvalue weighted by atomic mass is 15.1. The summed E-state index contributed by atoms with van der Waals surface area (Å²) in [5.41, 5.74) is 5.18. The first-order chi connectivity index (χ1) is 15.0. The number of hydrogen-bond acceptors (Lipinski definition) is 3. The van der Waals surface area contributed by atoms with Gasteiger partial charge in [-0.3, -0.25) is 0 Å². The SMILES string of the molecule is C=C.C=C(NCc1ccc(C)cc1)NCc1ccc(CC)cc1.CC1CCN(C)CC1. The van der Waals surface area contributed by atoms with Gasteiger partial charge < -0.3 is 15.5 Å². The van der Waals surface area contributed by atoms with Crippen molar-refractivity contribution in [2.24, 2.45) is 5.92 Å². The smallest absolute Gasteiger partial charge is 0.0917 e. The summed E-state index contributed by atoms with van der Waals surface area (Å²) in [6.45, 7) is 20.8. The van der Waals surface area contributed by atoms with Crippen LogP contribution in [0.15, 0.2) is 74.1 Å². The fourth-order valence-corrected chi connectivity index (χ4v) is 3.22. The van der Waals surface area contributed by atoms with E-state index < -0.39 is 0 Å². The van der Waals surface area contributed by atoms with E-state index in [4.69, 9.17) is 0 Å². The minimum absolute atomic E-state index is 0.793. The van der Waals surface area contributed by atoms with Crippen LogP contribution in [0.4, 0.5) is 0 Å². The van der Waals surface area contributed by atoms with Crippen molar-refractivity contribution < 1.29 is 0 Å². The van der Waals surface area contributed by atoms with E-state index in [1.165, 1.54) is 48.2 Å². The van der Waals surface area contributed by atoms with Gasteiger partial charge in [-0.15, -0.1) is 13.2 Å². The molecule has 2 N–H and O–H groups in total. The van der Waals surface area contributed by atoms with Gasteiger partial charge in [-0.1, -0.05) is 74.5 Å². The predicted molar refractivity (Wildman–Crippen MR) is 137 cm³/mol. The third-order valence-corrected chi connectivity index (χ3v) is 5.57. The topological polar surface area (TPSA) is 27.3 Å². The molecule has 1 saturated heterocycles. The minimum atomic E-state index is 0.793. The van der Waals surface area contributed by atoms with Gasteiger partial charge in [0.2, 0.25) is 0 Å². The van der Waals surface area contributed by atoms with Crippen LogP contribution in [0, 0.1) is 12.8 Å². The van der Waals surface area contributed by atoms with Crippen molar-refractivity contribution in [3.63, 3.8) is 0 Å². The number of rotatable bonds is 7. The fraction of sp³-hybridized carbons (Fsp3) is 0.429. The molecule has 0 atom stereocenters. The van der Waals surface area contributed by atoms with E-state index in [0.717, 1.165) is 31.2 Å². The van der Waals surface area contributed by atoms with Crippen LogP contribution < -0.4 is 10.6 Å². The molecule has 0 radical (unpaired) electrons. The summed E-state index contributed by atoms with van der Waals surface area (Å²) in [5.74, 6) is 1.83. The van der Waals surface area contributed by atoms with Crippen molar-refractivity contribution in [1.29, 1.82) is 0 Å². The average molecular weight is 422 g/mol. The van der Waals surface area contributed by atoms with Gasteiger partial charge in [-0.2, -0.15) is 0 Å². The Morgan fingerprint density at radius 1 is 0.871 bits per heavy atom. The Kier molecular flexibility index (Phi) is 13.1. The largest absolute Gasteiger partial charge is 0.368 e. The van der Waals surface area contributed by atoms with Gasteiger partial charge in [0.15, 0.2) is 0 Å². The highest BCUT2D eigenvalue weighted by molar-refractivity contribution is 5.23. The third-order valence-electron chi connectivity index (χ3n) is 5.57. The summed E-state index contributed by atoms with van der Waals surface area (Å²) in [4.78, 5) is 2.40. The maximum atomic E-state index is 4.01. The zero-order valence-corrected chi connectivity index (χ0v) is 20.2. The Morgan fingerprint density at radius 2 is 1.29 bits per heavy atom. The van der Waals surface area contributed by atoms with Crippen LogP contribution in [0.2, 0.25) is 0 Å². The molecular weight excluding hydrogens is 378 g/mol. The van der Waals surface area contributed by atoms with Gasteiger partial charge in [-0.05, 0) is 68.9 Å². The van der Waals surface area contributed by atoms with Crippen LogP contribution in [0.5, 0.6) is 0 Å². The monoisotopic (exact) mass is 421 g/mol. The molecular formula is C28H43N3. The molecule has 0 bridgehead atoms. The molecule has 0 aromatic heterocycles. The molecule has 1 aliphatic rings. The van der Waals surface area contributed by atoms with Crippen molar-refractivity contribution in [2.75, 3.05) is 20.1 Å². The summed E-state index contributed by atoms with van der Waals surface area (Å²) in [7, 11) is 2.20. The van der Waals surface area contributed by atoms with E-state index in [2.05, 4.69) is 112 Å². The average Bonchev–Trinajstić information content (AvgIpc) is 2.81. The zero-order chi connectivity index (χ0) is 23.1. The van der Waals surface area contributed by atoms with Gasteiger partial charge in [0, 0.05) is 13.1 Å². The van der Waals surface area contributed by atoms with Crippen LogP contribution in [0.3, 0.4) is 0 Å². The molecule has 3 heteroatoms. The molecule has 3 nitrogen and oxygen atoms in total. The van der Waals surface area contributed by atoms with Crippen LogP contribution >= 0.6 is 0 Å². The van der Waals surface area contributed by atoms with Gasteiger partial charge >= 0.3 is 0 Å². The van der Waals surface area contributed by atoms with E-state index >= 15 is 0 Å². The van der Waals surface area contributed by atoms with E-state index in [1.807, 2.05) is 0 Å². The van der Waals surface area contributed by atoms with Gasteiger partial charge in [0.1, 0.15) is 0 Å². The molecule has 31 heavy (non-hydrogen) atoms. The number of piperidine rings is 1. The number of aryl methyl sites for hydroxylation is 2. The van der Waals surface area contributed by atoms with Crippen LogP contribution in [0.25, 0.3) is 0 Å². The third kappa shape index (κ3) is 11.4. The van der Waals surface area contributed by atoms with Crippen LogP contribution in [0.1, 0.15) is 48.9 Å². The van der Waals surface area contributed by atoms with Crippen LogP contribution in [-0.4, -0.2) is 25.0 Å². The lowest BCUT2D eigenvalue weighted by atomic mass is 10.00. The molecule has 170 valence electrons. The standard InChI is InChI=1S/C19H24N2.C7H15N.C2H4/c1-4-17-9-11-19(12-10-17)14-21-16(3)20-13-18-7-5-15(2)6-8-18;1-7-3-5-8(2)6-4-7;1-2/h5-12,20-21H,3-4,13-14H2,1-2H3;7H,3-6H2,1-2H3;1-2H2. The molecule has 0 aliphatic carbocycles. The lowest BCUT2D eigenvalue weighted by Crippen LogP contribution is -2.28. The molecule has 0 amide bonds. The normalized spacial score (nSPS) is 13.8. The summed E-state index contributed by atoms with van der Waals surface area (Å²) >= 11 is 0. The van der Waals surface area contributed by atoms with Gasteiger partial charge in [-0.25, -0.2) is 0 Å². The second-order valence-corrected chi connectivity index (χ2v) is 8.33. The molecule has 3 rings (SSSR count). The highest BCUT2D eigenvalue weighted by Gasteiger charge is 2.10. The number of nitrogens with one attached hydrogen (secondary N) is 2. The van der Waals surface area contributed by atoms with E-state index in [1.54, 1.807) is 0 Å². The highest BCUT2D eigenvalue weighted by Crippen LogP contribution is 2.13. The molecule has 1 heterocycles. The molecule has 0 saturated carbocycles. The lowest BCUT2D eigenvalue weighted by molar-refractivity contribution is 0.230. The quantitative estimate of drug-likeness (QED) is 0.532. The number of nitrogens with zero attached hydrogens (tertiary/aromatic N) is 1. The Balaban J connectivity index is 0.000000400. The Morgan fingerprint density at radius 3 is 1.71 bits per heavy atom. The van der Waals surface area contributed by atoms with E-state index in [9.17, 15) is 0 Å². The first-order valence-electron chi connectivity index (χ1n) is 11.4. The first-order valence-corrected chi connectivity index (χ1v) is 11.4. The summed E-state index contributed by atoms with van der Waals surface area (Å²) < 4.78 is 0. The predicted octanol–water partition coefficient (Wildman–Crippen LogP) is 6.06. The maximum Gasteiger partial charge on any atom is 0.0917 e. The molecule has 0 unspecified atom stereocenters. The van der Waals surface area contributed by atoms with Gasteiger partial charge in [0.05, 0.1) is 5.82 Å². The maximum absolute atomic E-state index is 4.01. The van der Waals surface area contributed by atoms with Crippen LogP contribution in [-0.2, 0) is 19.5 Å². The molecule has 2 aromatic rings. The lowest BCUT2D eigenvalue weighted by Gasteiger charge is -2.26. The number of benzene rings is 2.